The van der Waals surface area contributed by atoms with Crippen molar-refractivity contribution in [3.8, 4) is 0 Å². The van der Waals surface area contributed by atoms with Gasteiger partial charge >= 0.3 is 6.03 Å². The van der Waals surface area contributed by atoms with Gasteiger partial charge < -0.3 is 10.6 Å². The van der Waals surface area contributed by atoms with E-state index >= 15 is 0 Å². The molecular weight excluding hydrogens is 240 g/mol. The van der Waals surface area contributed by atoms with E-state index in [0.717, 1.165) is 6.07 Å². The number of nitrogens with one attached hydrogen (secondary N) is 2. The zero-order valence-electron chi connectivity index (χ0n) is 9.15. The SMILES string of the molecule is O=C(Nc1cccc(F)c1)Nc1ccnc(F)c1. The van der Waals surface area contributed by atoms with E-state index in [1.54, 1.807) is 0 Å². The fraction of sp³-hybridized carbons (Fsp3) is 0. The molecule has 1 aromatic carbocycles. The first-order chi connectivity index (χ1) is 8.63. The second kappa shape index (κ2) is 5.22. The number of hydrogen-bond acceptors (Lipinski definition) is 2. The van der Waals surface area contributed by atoms with E-state index in [4.69, 9.17) is 0 Å². The van der Waals surface area contributed by atoms with Gasteiger partial charge in [0.2, 0.25) is 5.95 Å². The second-order valence-electron chi connectivity index (χ2n) is 3.46. The Morgan fingerprint density at radius 3 is 2.44 bits per heavy atom. The van der Waals surface area contributed by atoms with Crippen LogP contribution >= 0.6 is 0 Å². The van der Waals surface area contributed by atoms with Crippen LogP contribution in [0.1, 0.15) is 0 Å². The van der Waals surface area contributed by atoms with Crippen LogP contribution in [0.25, 0.3) is 0 Å². The van der Waals surface area contributed by atoms with Gasteiger partial charge in [-0.25, -0.2) is 14.2 Å². The average Bonchev–Trinajstić information content (AvgIpc) is 2.28. The Balaban J connectivity index is 2.01. The molecule has 92 valence electrons. The largest absolute Gasteiger partial charge is 0.323 e. The fourth-order valence-electron chi connectivity index (χ4n) is 1.34. The molecule has 0 atom stereocenters. The zero-order chi connectivity index (χ0) is 13.0. The molecule has 0 aliphatic heterocycles. The van der Waals surface area contributed by atoms with Crippen LogP contribution in [0.5, 0.6) is 0 Å². The summed E-state index contributed by atoms with van der Waals surface area (Å²) in [5.74, 6) is -1.15. The van der Waals surface area contributed by atoms with Gasteiger partial charge in [-0.3, -0.25) is 0 Å². The molecule has 0 unspecified atom stereocenters. The van der Waals surface area contributed by atoms with Gasteiger partial charge in [0, 0.05) is 23.6 Å². The van der Waals surface area contributed by atoms with Crippen LogP contribution in [0.2, 0.25) is 0 Å². The van der Waals surface area contributed by atoms with Crippen LogP contribution < -0.4 is 10.6 Å². The number of rotatable bonds is 2. The summed E-state index contributed by atoms with van der Waals surface area (Å²) in [6.45, 7) is 0. The Morgan fingerprint density at radius 1 is 1.06 bits per heavy atom. The summed E-state index contributed by atoms with van der Waals surface area (Å²) in [6, 6.07) is 7.37. The fourth-order valence-corrected chi connectivity index (χ4v) is 1.34. The van der Waals surface area contributed by atoms with Crippen molar-refractivity contribution in [3.63, 3.8) is 0 Å². The van der Waals surface area contributed by atoms with Gasteiger partial charge in [0.1, 0.15) is 5.82 Å². The highest BCUT2D eigenvalue weighted by molar-refractivity contribution is 5.99. The van der Waals surface area contributed by atoms with Crippen molar-refractivity contribution in [1.82, 2.24) is 4.98 Å². The molecule has 4 nitrogen and oxygen atoms in total. The molecule has 1 heterocycles. The number of aromatic nitrogens is 1. The van der Waals surface area contributed by atoms with Crippen molar-refractivity contribution in [1.29, 1.82) is 0 Å². The van der Waals surface area contributed by atoms with Gasteiger partial charge in [-0.05, 0) is 24.3 Å². The predicted molar refractivity (Wildman–Crippen MR) is 63.2 cm³/mol. The highest BCUT2D eigenvalue weighted by atomic mass is 19.1. The number of hydrogen-bond donors (Lipinski definition) is 2. The highest BCUT2D eigenvalue weighted by Gasteiger charge is 2.04. The number of amides is 2. The van der Waals surface area contributed by atoms with Gasteiger partial charge in [0.15, 0.2) is 0 Å². The summed E-state index contributed by atoms with van der Waals surface area (Å²) in [4.78, 5) is 14.9. The number of benzene rings is 1. The molecule has 0 saturated carbocycles. The molecular formula is C12H9F2N3O. The Bertz CT molecular complexity index is 525. The first kappa shape index (κ1) is 12.0. The third kappa shape index (κ3) is 3.24. The molecule has 18 heavy (non-hydrogen) atoms. The number of pyridine rings is 1. The second-order valence-corrected chi connectivity index (χ2v) is 3.46. The maximum Gasteiger partial charge on any atom is 0.323 e. The number of urea groups is 1. The molecule has 0 saturated heterocycles. The molecule has 0 radical (unpaired) electrons. The lowest BCUT2D eigenvalue weighted by molar-refractivity contribution is 0.262. The van der Waals surface area contributed by atoms with Crippen LogP contribution in [0.15, 0.2) is 42.6 Å². The summed E-state index contributed by atoms with van der Waals surface area (Å²) >= 11 is 0. The normalized spacial score (nSPS) is 9.89. The summed E-state index contributed by atoms with van der Waals surface area (Å²) < 4.78 is 25.6. The van der Waals surface area contributed by atoms with Crippen molar-refractivity contribution >= 4 is 17.4 Å². The summed E-state index contributed by atoms with van der Waals surface area (Å²) in [5, 5.41) is 4.82. The number of anilines is 2. The topological polar surface area (TPSA) is 54.0 Å². The average molecular weight is 249 g/mol. The summed E-state index contributed by atoms with van der Waals surface area (Å²) in [7, 11) is 0. The van der Waals surface area contributed by atoms with Crippen molar-refractivity contribution in [3.05, 3.63) is 54.4 Å². The Kier molecular flexibility index (Phi) is 3.47. The standard InChI is InChI=1S/C12H9F2N3O/c13-8-2-1-3-9(6-8)16-12(18)17-10-4-5-15-11(14)7-10/h1-7H,(H2,15,16,17,18). The lowest BCUT2D eigenvalue weighted by atomic mass is 10.3. The molecule has 2 N–H and O–H groups in total. The number of carbonyl (C=O) groups is 1. The maximum absolute atomic E-state index is 12.9. The van der Waals surface area contributed by atoms with Crippen LogP contribution in [-0.4, -0.2) is 11.0 Å². The van der Waals surface area contributed by atoms with E-state index < -0.39 is 17.8 Å². The van der Waals surface area contributed by atoms with Crippen LogP contribution in [0.3, 0.4) is 0 Å². The van der Waals surface area contributed by atoms with E-state index in [0.29, 0.717) is 5.69 Å². The third-order valence-corrected chi connectivity index (χ3v) is 2.07. The Morgan fingerprint density at radius 2 is 1.78 bits per heavy atom. The van der Waals surface area contributed by atoms with E-state index in [1.165, 1.54) is 36.5 Å². The van der Waals surface area contributed by atoms with E-state index in [2.05, 4.69) is 15.6 Å². The minimum absolute atomic E-state index is 0.261. The zero-order valence-corrected chi connectivity index (χ0v) is 9.15. The van der Waals surface area contributed by atoms with Crippen molar-refractivity contribution in [2.24, 2.45) is 0 Å². The molecule has 0 bridgehead atoms. The smallest absolute Gasteiger partial charge is 0.308 e. The van der Waals surface area contributed by atoms with Gasteiger partial charge in [0.05, 0.1) is 0 Å². The van der Waals surface area contributed by atoms with Crippen molar-refractivity contribution < 1.29 is 13.6 Å². The van der Waals surface area contributed by atoms with E-state index in [1.807, 2.05) is 0 Å². The Labute approximate surface area is 102 Å². The minimum atomic E-state index is -0.696. The van der Waals surface area contributed by atoms with Crippen LogP contribution in [0.4, 0.5) is 25.0 Å². The number of nitrogens with zero attached hydrogens (tertiary/aromatic N) is 1. The first-order valence-corrected chi connectivity index (χ1v) is 5.08. The molecule has 0 spiro atoms. The summed E-state index contributed by atoms with van der Waals surface area (Å²) in [5.41, 5.74) is 0.568. The van der Waals surface area contributed by atoms with Gasteiger partial charge in [-0.2, -0.15) is 4.39 Å². The molecule has 2 amide bonds. The van der Waals surface area contributed by atoms with E-state index in [-0.39, 0.29) is 5.69 Å². The third-order valence-electron chi connectivity index (χ3n) is 2.07. The van der Waals surface area contributed by atoms with Gasteiger partial charge in [0.25, 0.3) is 0 Å². The predicted octanol–water partition coefficient (Wildman–Crippen LogP) is 3.00. The monoisotopic (exact) mass is 249 g/mol. The number of carbonyl (C=O) groups excluding carboxylic acids is 1. The minimum Gasteiger partial charge on any atom is -0.308 e. The highest BCUT2D eigenvalue weighted by Crippen LogP contribution is 2.11. The molecule has 2 rings (SSSR count). The van der Waals surface area contributed by atoms with E-state index in [9.17, 15) is 13.6 Å². The maximum atomic E-state index is 12.9. The molecule has 0 aliphatic carbocycles. The van der Waals surface area contributed by atoms with Crippen LogP contribution in [-0.2, 0) is 0 Å². The lowest BCUT2D eigenvalue weighted by Crippen LogP contribution is -2.19. The van der Waals surface area contributed by atoms with Crippen molar-refractivity contribution in [2.45, 2.75) is 0 Å². The number of halogens is 2. The molecule has 0 fully saturated rings. The van der Waals surface area contributed by atoms with Crippen LogP contribution in [0, 0.1) is 11.8 Å². The molecule has 1 aromatic heterocycles. The quantitative estimate of drug-likeness (QED) is 0.804. The molecule has 6 heteroatoms. The first-order valence-electron chi connectivity index (χ1n) is 5.08. The van der Waals surface area contributed by atoms with Crippen molar-refractivity contribution in [2.75, 3.05) is 10.6 Å². The summed E-state index contributed by atoms with van der Waals surface area (Å²) in [6.07, 6.45) is 1.23. The van der Waals surface area contributed by atoms with Gasteiger partial charge in [-0.1, -0.05) is 6.07 Å². The lowest BCUT2D eigenvalue weighted by Gasteiger charge is -2.07. The Hall–Kier alpha value is -2.50. The molecule has 0 aliphatic rings. The van der Waals surface area contributed by atoms with Gasteiger partial charge in [-0.15, -0.1) is 0 Å². The molecule has 2 aromatic rings.